The zero-order valence-corrected chi connectivity index (χ0v) is 15.5. The quantitative estimate of drug-likeness (QED) is 0.520. The maximum atomic E-state index is 8.29. The highest BCUT2D eigenvalue weighted by molar-refractivity contribution is 14.1. The van der Waals surface area contributed by atoms with Gasteiger partial charge in [-0.2, -0.15) is 0 Å². The van der Waals surface area contributed by atoms with E-state index >= 15 is 0 Å². The van der Waals surface area contributed by atoms with Gasteiger partial charge in [0.15, 0.2) is 0 Å². The molecule has 0 aliphatic heterocycles. The van der Waals surface area contributed by atoms with Gasteiger partial charge in [0, 0.05) is 30.6 Å². The summed E-state index contributed by atoms with van der Waals surface area (Å²) in [5.41, 5.74) is 3.39. The Bertz CT molecular complexity index is 647. The highest BCUT2D eigenvalue weighted by Gasteiger charge is 2.14. The molecule has 0 spiro atoms. The molecule has 0 saturated carbocycles. The Morgan fingerprint density at radius 3 is 2.57 bits per heavy atom. The normalized spacial score (nSPS) is 12.1. The average Bonchev–Trinajstić information content (AvgIpc) is 2.57. The first kappa shape index (κ1) is 18.0. The first-order chi connectivity index (χ1) is 11.1. The van der Waals surface area contributed by atoms with Gasteiger partial charge in [0.25, 0.3) is 0 Å². The highest BCUT2D eigenvalue weighted by atomic mass is 127. The van der Waals surface area contributed by atoms with Crippen LogP contribution in [-0.2, 0) is 15.9 Å². The molecule has 5 heteroatoms. The lowest BCUT2D eigenvalue weighted by Gasteiger charge is -2.15. The van der Waals surface area contributed by atoms with E-state index < -0.39 is 0 Å². The van der Waals surface area contributed by atoms with Crippen LogP contribution in [0, 0.1) is 8.98 Å². The number of ether oxygens (including phenoxy) is 2. The van der Waals surface area contributed by atoms with Gasteiger partial charge in [-0.15, -0.1) is 0 Å². The van der Waals surface area contributed by atoms with Crippen LogP contribution in [0.25, 0.3) is 0 Å². The Balaban J connectivity index is 2.14. The van der Waals surface area contributed by atoms with E-state index in [1.54, 1.807) is 14.2 Å². The number of hydrogen-bond acceptors (Lipinski definition) is 4. The fourth-order valence-corrected chi connectivity index (χ4v) is 2.79. The van der Waals surface area contributed by atoms with Crippen LogP contribution in [0.4, 0.5) is 0 Å². The van der Waals surface area contributed by atoms with Gasteiger partial charge < -0.3 is 14.9 Å². The molecule has 1 unspecified atom stereocenters. The third-order valence-corrected chi connectivity index (χ3v) is 4.54. The number of halogens is 1. The topological polar surface area (TPSA) is 55.2 Å². The molecule has 0 aliphatic carbocycles. The van der Waals surface area contributed by atoms with Crippen LogP contribution in [0.3, 0.4) is 0 Å². The lowest BCUT2D eigenvalue weighted by Crippen LogP contribution is -2.22. The second kappa shape index (κ2) is 9.10. The Hall–Kier alpha value is -1.31. The fraction of sp³-hybridized carbons (Fsp3) is 0.333. The first-order valence-corrected chi connectivity index (χ1v) is 8.50. The van der Waals surface area contributed by atoms with Crippen molar-refractivity contribution in [2.45, 2.75) is 18.9 Å². The van der Waals surface area contributed by atoms with Gasteiger partial charge in [-0.3, -0.25) is 4.98 Å². The standard InChI is InChI=1S/C18H21IN2O2/c1-22-12-14(23-2)11-16(20)17-9-8-15(19)18(21-17)10-13-6-4-3-5-7-13/h3-9,14,20H,10-12H2,1-2H3. The summed E-state index contributed by atoms with van der Waals surface area (Å²) >= 11 is 2.30. The molecule has 0 radical (unpaired) electrons. The van der Waals surface area contributed by atoms with E-state index in [1.807, 2.05) is 30.3 Å². The van der Waals surface area contributed by atoms with Crippen LogP contribution in [0.15, 0.2) is 42.5 Å². The largest absolute Gasteiger partial charge is 0.382 e. The third-order valence-electron chi connectivity index (χ3n) is 3.56. The van der Waals surface area contributed by atoms with E-state index in [0.717, 1.165) is 15.7 Å². The van der Waals surface area contributed by atoms with E-state index in [-0.39, 0.29) is 6.10 Å². The number of nitrogens with zero attached hydrogens (tertiary/aromatic N) is 1. The molecule has 0 aliphatic rings. The number of hydrogen-bond donors (Lipinski definition) is 1. The van der Waals surface area contributed by atoms with E-state index in [0.29, 0.717) is 24.4 Å². The Morgan fingerprint density at radius 1 is 1.17 bits per heavy atom. The van der Waals surface area contributed by atoms with Crippen molar-refractivity contribution in [2.75, 3.05) is 20.8 Å². The smallest absolute Gasteiger partial charge is 0.0860 e. The number of methoxy groups -OCH3 is 2. The summed E-state index contributed by atoms with van der Waals surface area (Å²) in [6.07, 6.45) is 1.14. The van der Waals surface area contributed by atoms with Crippen LogP contribution in [0.5, 0.6) is 0 Å². The van der Waals surface area contributed by atoms with E-state index in [2.05, 4.69) is 39.7 Å². The molecule has 1 aromatic heterocycles. The van der Waals surface area contributed by atoms with E-state index in [4.69, 9.17) is 14.9 Å². The van der Waals surface area contributed by atoms with Crippen LogP contribution in [0.1, 0.15) is 23.4 Å². The summed E-state index contributed by atoms with van der Waals surface area (Å²) in [7, 11) is 3.27. The van der Waals surface area contributed by atoms with E-state index in [9.17, 15) is 0 Å². The molecule has 1 aromatic carbocycles. The molecular weight excluding hydrogens is 403 g/mol. The number of benzene rings is 1. The molecule has 1 N–H and O–H groups in total. The highest BCUT2D eigenvalue weighted by Crippen LogP contribution is 2.17. The number of aromatic nitrogens is 1. The van der Waals surface area contributed by atoms with Crippen molar-refractivity contribution in [1.29, 1.82) is 5.41 Å². The molecule has 1 heterocycles. The number of nitrogens with one attached hydrogen (secondary N) is 1. The SMILES string of the molecule is COCC(CC(=N)c1ccc(I)c(Cc2ccccc2)n1)OC. The zero-order chi connectivity index (χ0) is 16.7. The first-order valence-electron chi connectivity index (χ1n) is 7.43. The van der Waals surface area contributed by atoms with Crippen molar-refractivity contribution in [2.24, 2.45) is 0 Å². The second-order valence-corrected chi connectivity index (χ2v) is 6.45. The maximum Gasteiger partial charge on any atom is 0.0860 e. The van der Waals surface area contributed by atoms with Crippen LogP contribution < -0.4 is 0 Å². The van der Waals surface area contributed by atoms with Crippen molar-refractivity contribution in [3.05, 3.63) is 63.0 Å². The summed E-state index contributed by atoms with van der Waals surface area (Å²) < 4.78 is 11.6. The summed E-state index contributed by atoms with van der Waals surface area (Å²) in [5, 5.41) is 8.29. The molecule has 2 aromatic rings. The third kappa shape index (κ3) is 5.37. The molecule has 1 atom stereocenters. The van der Waals surface area contributed by atoms with Gasteiger partial charge in [0.2, 0.25) is 0 Å². The molecule has 0 amide bonds. The molecule has 23 heavy (non-hydrogen) atoms. The monoisotopic (exact) mass is 424 g/mol. The molecule has 0 fully saturated rings. The van der Waals surface area contributed by atoms with Crippen molar-refractivity contribution in [1.82, 2.24) is 4.98 Å². The predicted molar refractivity (Wildman–Crippen MR) is 100 cm³/mol. The molecular formula is C18H21IN2O2. The lowest BCUT2D eigenvalue weighted by atomic mass is 10.1. The number of rotatable bonds is 8. The Kier molecular flexibility index (Phi) is 7.14. The van der Waals surface area contributed by atoms with Gasteiger partial charge in [-0.1, -0.05) is 30.3 Å². The molecule has 0 bridgehead atoms. The fourth-order valence-electron chi connectivity index (χ4n) is 2.29. The van der Waals surface area contributed by atoms with Gasteiger partial charge in [0.1, 0.15) is 0 Å². The molecule has 0 saturated heterocycles. The van der Waals surface area contributed by atoms with Crippen molar-refractivity contribution >= 4 is 28.3 Å². The number of pyridine rings is 1. The maximum absolute atomic E-state index is 8.29. The minimum Gasteiger partial charge on any atom is -0.382 e. The van der Waals surface area contributed by atoms with Crippen LogP contribution in [0.2, 0.25) is 0 Å². The molecule has 2 rings (SSSR count). The van der Waals surface area contributed by atoms with Crippen LogP contribution >= 0.6 is 22.6 Å². The Labute approximate surface area is 150 Å². The van der Waals surface area contributed by atoms with Gasteiger partial charge >= 0.3 is 0 Å². The minimum absolute atomic E-state index is 0.119. The molecule has 4 nitrogen and oxygen atoms in total. The summed E-state index contributed by atoms with van der Waals surface area (Å²) in [6.45, 7) is 0.472. The zero-order valence-electron chi connectivity index (χ0n) is 13.4. The van der Waals surface area contributed by atoms with Crippen LogP contribution in [-0.4, -0.2) is 37.6 Å². The van der Waals surface area contributed by atoms with Crippen molar-refractivity contribution in [3.8, 4) is 0 Å². The van der Waals surface area contributed by atoms with Gasteiger partial charge in [-0.05, 0) is 40.3 Å². The summed E-state index contributed by atoms with van der Waals surface area (Å²) in [4.78, 5) is 4.69. The van der Waals surface area contributed by atoms with Crippen molar-refractivity contribution in [3.63, 3.8) is 0 Å². The second-order valence-electron chi connectivity index (χ2n) is 5.28. The molecule has 122 valence electrons. The Morgan fingerprint density at radius 2 is 1.91 bits per heavy atom. The van der Waals surface area contributed by atoms with E-state index in [1.165, 1.54) is 5.56 Å². The predicted octanol–water partition coefficient (Wildman–Crippen LogP) is 3.70. The van der Waals surface area contributed by atoms with Gasteiger partial charge in [0.05, 0.1) is 29.8 Å². The van der Waals surface area contributed by atoms with Gasteiger partial charge in [-0.25, -0.2) is 0 Å². The lowest BCUT2D eigenvalue weighted by molar-refractivity contribution is 0.0330. The average molecular weight is 424 g/mol. The minimum atomic E-state index is -0.119. The van der Waals surface area contributed by atoms with Crippen molar-refractivity contribution < 1.29 is 9.47 Å². The summed E-state index contributed by atoms with van der Waals surface area (Å²) in [5.74, 6) is 0. The summed E-state index contributed by atoms with van der Waals surface area (Å²) in [6, 6.07) is 14.2.